The minimum atomic E-state index is -1.17. The fourth-order valence-electron chi connectivity index (χ4n) is 2.75. The summed E-state index contributed by atoms with van der Waals surface area (Å²) in [5.74, 6) is -0.499. The molecule has 0 aliphatic heterocycles. The van der Waals surface area contributed by atoms with Crippen LogP contribution in [0.5, 0.6) is 0 Å². The molecular weight excluding hydrogens is 360 g/mol. The Labute approximate surface area is 159 Å². The number of thioether (sulfide) groups is 1. The Morgan fingerprint density at radius 3 is 2.52 bits per heavy atom. The summed E-state index contributed by atoms with van der Waals surface area (Å²) in [5, 5.41) is 17.1. The third kappa shape index (κ3) is 3.83. The lowest BCUT2D eigenvalue weighted by atomic mass is 10.1. The molecular formula is C20H15N4O2S-. The Morgan fingerprint density at radius 2 is 1.78 bits per heavy atom. The highest BCUT2D eigenvalue weighted by atomic mass is 32.2. The van der Waals surface area contributed by atoms with E-state index in [0.29, 0.717) is 12.3 Å². The predicted octanol–water partition coefficient (Wildman–Crippen LogP) is 2.53. The van der Waals surface area contributed by atoms with Crippen molar-refractivity contribution in [2.75, 3.05) is 0 Å². The first-order valence-electron chi connectivity index (χ1n) is 8.34. The standard InChI is InChI=1S/C20H16N4O2S/c25-20(26)16-8-6-15(7-9-16)12-27-19-17-10-23-24(18(17)21-13-22-19)11-14-4-2-1-3-5-14/h1-10,13H,11-12H2,(H,25,26)/p-1. The van der Waals surface area contributed by atoms with E-state index in [1.807, 2.05) is 22.9 Å². The van der Waals surface area contributed by atoms with Crippen LogP contribution in [-0.2, 0) is 12.3 Å². The number of carbonyl (C=O) groups excluding carboxylic acids is 1. The third-order valence-electron chi connectivity index (χ3n) is 4.14. The summed E-state index contributed by atoms with van der Waals surface area (Å²) >= 11 is 1.57. The summed E-state index contributed by atoms with van der Waals surface area (Å²) in [6.45, 7) is 0.649. The predicted molar refractivity (Wildman–Crippen MR) is 101 cm³/mol. The van der Waals surface area contributed by atoms with Gasteiger partial charge < -0.3 is 9.90 Å². The Kier molecular flexibility index (Phi) is 4.84. The van der Waals surface area contributed by atoms with Crippen molar-refractivity contribution in [3.05, 3.63) is 83.8 Å². The van der Waals surface area contributed by atoms with Crippen LogP contribution in [0.1, 0.15) is 21.5 Å². The second-order valence-corrected chi connectivity index (χ2v) is 6.94. The van der Waals surface area contributed by atoms with Gasteiger partial charge in [0.1, 0.15) is 11.4 Å². The smallest absolute Gasteiger partial charge is 0.162 e. The summed E-state index contributed by atoms with van der Waals surface area (Å²) in [5.41, 5.74) is 3.13. The van der Waals surface area contributed by atoms with Crippen molar-refractivity contribution in [2.45, 2.75) is 17.3 Å². The first-order chi connectivity index (χ1) is 13.2. The van der Waals surface area contributed by atoms with Gasteiger partial charge in [-0.05, 0) is 16.7 Å². The average molecular weight is 375 g/mol. The molecule has 2 aromatic carbocycles. The Bertz CT molecular complexity index is 1080. The summed E-state index contributed by atoms with van der Waals surface area (Å²) < 4.78 is 1.87. The van der Waals surface area contributed by atoms with E-state index in [1.165, 1.54) is 0 Å². The molecule has 0 aliphatic rings. The molecule has 2 heterocycles. The second kappa shape index (κ2) is 7.59. The minimum absolute atomic E-state index is 0.176. The maximum Gasteiger partial charge on any atom is 0.162 e. The van der Waals surface area contributed by atoms with E-state index in [4.69, 9.17) is 0 Å². The van der Waals surface area contributed by atoms with Crippen molar-refractivity contribution in [1.82, 2.24) is 19.7 Å². The van der Waals surface area contributed by atoms with Crippen LogP contribution in [0.3, 0.4) is 0 Å². The van der Waals surface area contributed by atoms with Crippen LogP contribution in [0.25, 0.3) is 11.0 Å². The largest absolute Gasteiger partial charge is 0.545 e. The molecule has 0 radical (unpaired) electrons. The van der Waals surface area contributed by atoms with Crippen molar-refractivity contribution < 1.29 is 9.90 Å². The molecule has 27 heavy (non-hydrogen) atoms. The van der Waals surface area contributed by atoms with Gasteiger partial charge >= 0.3 is 0 Å². The van der Waals surface area contributed by atoms with E-state index in [2.05, 4.69) is 27.2 Å². The summed E-state index contributed by atoms with van der Waals surface area (Å²) in [4.78, 5) is 19.6. The molecule has 0 atom stereocenters. The number of benzene rings is 2. The van der Waals surface area contributed by atoms with Crippen molar-refractivity contribution in [1.29, 1.82) is 0 Å². The van der Waals surface area contributed by atoms with Crippen LogP contribution >= 0.6 is 11.8 Å². The molecule has 7 heteroatoms. The number of aromatic nitrogens is 4. The van der Waals surface area contributed by atoms with E-state index in [-0.39, 0.29) is 5.56 Å². The van der Waals surface area contributed by atoms with E-state index in [0.717, 1.165) is 27.2 Å². The Balaban J connectivity index is 1.53. The topological polar surface area (TPSA) is 83.7 Å². The number of hydrogen-bond acceptors (Lipinski definition) is 6. The molecule has 0 N–H and O–H groups in total. The summed E-state index contributed by atoms with van der Waals surface area (Å²) in [6.07, 6.45) is 3.34. The quantitative estimate of drug-likeness (QED) is 0.380. The first kappa shape index (κ1) is 17.2. The number of rotatable bonds is 6. The van der Waals surface area contributed by atoms with Gasteiger partial charge in [0, 0.05) is 5.75 Å². The van der Waals surface area contributed by atoms with Gasteiger partial charge in [0.15, 0.2) is 5.65 Å². The lowest BCUT2D eigenvalue weighted by molar-refractivity contribution is -0.255. The molecule has 2 aromatic heterocycles. The van der Waals surface area contributed by atoms with Gasteiger partial charge in [-0.3, -0.25) is 0 Å². The maximum absolute atomic E-state index is 10.8. The van der Waals surface area contributed by atoms with Crippen molar-refractivity contribution in [3.63, 3.8) is 0 Å². The van der Waals surface area contributed by atoms with Gasteiger partial charge in [-0.15, -0.1) is 11.8 Å². The molecule has 0 saturated carbocycles. The highest BCUT2D eigenvalue weighted by molar-refractivity contribution is 7.98. The second-order valence-electron chi connectivity index (χ2n) is 5.98. The first-order valence-corrected chi connectivity index (χ1v) is 9.33. The zero-order valence-electron chi connectivity index (χ0n) is 14.3. The number of carboxylic acids is 1. The number of fused-ring (bicyclic) bond motifs is 1. The molecule has 0 unspecified atom stereocenters. The summed E-state index contributed by atoms with van der Waals surface area (Å²) in [7, 11) is 0. The molecule has 0 amide bonds. The molecule has 134 valence electrons. The van der Waals surface area contributed by atoms with Crippen molar-refractivity contribution >= 4 is 28.8 Å². The van der Waals surface area contributed by atoms with Gasteiger partial charge in [-0.1, -0.05) is 54.6 Å². The van der Waals surface area contributed by atoms with Crippen LogP contribution < -0.4 is 5.11 Å². The summed E-state index contributed by atoms with van der Waals surface area (Å²) in [6, 6.07) is 16.8. The van der Waals surface area contributed by atoms with E-state index < -0.39 is 5.97 Å². The van der Waals surface area contributed by atoms with E-state index in [1.54, 1.807) is 48.6 Å². The maximum atomic E-state index is 10.8. The Morgan fingerprint density at radius 1 is 1.00 bits per heavy atom. The van der Waals surface area contributed by atoms with Gasteiger partial charge in [0.05, 0.1) is 24.1 Å². The lowest BCUT2D eigenvalue weighted by Gasteiger charge is -2.06. The number of hydrogen-bond donors (Lipinski definition) is 0. The fourth-order valence-corrected chi connectivity index (χ4v) is 3.66. The number of carboxylic acid groups (broad SMARTS) is 1. The zero-order chi connectivity index (χ0) is 18.6. The molecule has 0 saturated heterocycles. The molecule has 0 aliphatic carbocycles. The Hall–Kier alpha value is -3.19. The van der Waals surface area contributed by atoms with Crippen LogP contribution in [-0.4, -0.2) is 25.7 Å². The SMILES string of the molecule is O=C([O-])c1ccc(CSc2ncnc3c2cnn3Cc2ccccc2)cc1. The fraction of sp³-hybridized carbons (Fsp3) is 0.100. The highest BCUT2D eigenvalue weighted by Gasteiger charge is 2.11. The molecule has 6 nitrogen and oxygen atoms in total. The van der Waals surface area contributed by atoms with E-state index >= 15 is 0 Å². The lowest BCUT2D eigenvalue weighted by Crippen LogP contribution is -2.21. The number of nitrogens with zero attached hydrogens (tertiary/aromatic N) is 4. The van der Waals surface area contributed by atoms with Crippen LogP contribution in [0.15, 0.2) is 72.1 Å². The molecule has 4 rings (SSSR count). The molecule has 0 fully saturated rings. The zero-order valence-corrected chi connectivity index (χ0v) is 15.1. The normalized spacial score (nSPS) is 11.0. The minimum Gasteiger partial charge on any atom is -0.545 e. The molecule has 0 spiro atoms. The third-order valence-corrected chi connectivity index (χ3v) is 5.21. The average Bonchev–Trinajstić information content (AvgIpc) is 3.11. The van der Waals surface area contributed by atoms with Crippen molar-refractivity contribution in [3.8, 4) is 0 Å². The number of aromatic carboxylic acids is 1. The number of carbonyl (C=O) groups is 1. The molecule has 0 bridgehead atoms. The van der Waals surface area contributed by atoms with Gasteiger partial charge in [0.2, 0.25) is 0 Å². The van der Waals surface area contributed by atoms with Gasteiger partial charge in [-0.25, -0.2) is 14.6 Å². The van der Waals surface area contributed by atoms with Crippen LogP contribution in [0.2, 0.25) is 0 Å². The molecule has 4 aromatic rings. The van der Waals surface area contributed by atoms with Gasteiger partial charge in [-0.2, -0.15) is 5.10 Å². The van der Waals surface area contributed by atoms with Crippen LogP contribution in [0, 0.1) is 0 Å². The van der Waals surface area contributed by atoms with Crippen LogP contribution in [0.4, 0.5) is 0 Å². The monoisotopic (exact) mass is 375 g/mol. The highest BCUT2D eigenvalue weighted by Crippen LogP contribution is 2.27. The van der Waals surface area contributed by atoms with E-state index in [9.17, 15) is 9.90 Å². The van der Waals surface area contributed by atoms with Crippen molar-refractivity contribution in [2.24, 2.45) is 0 Å². The van der Waals surface area contributed by atoms with Gasteiger partial charge in [0.25, 0.3) is 0 Å².